The molecule has 1 aromatic carbocycles. The highest BCUT2D eigenvalue weighted by molar-refractivity contribution is 5.32. The lowest BCUT2D eigenvalue weighted by molar-refractivity contribution is 0.449. The summed E-state index contributed by atoms with van der Waals surface area (Å²) in [6.45, 7) is 5.57. The van der Waals surface area contributed by atoms with E-state index in [9.17, 15) is 0 Å². The van der Waals surface area contributed by atoms with Crippen LogP contribution in [0.15, 0.2) is 24.3 Å². The van der Waals surface area contributed by atoms with E-state index in [1.807, 2.05) is 0 Å². The molecule has 0 saturated carbocycles. The van der Waals surface area contributed by atoms with Gasteiger partial charge >= 0.3 is 0 Å². The highest BCUT2D eigenvalue weighted by Gasteiger charge is 2.20. The van der Waals surface area contributed by atoms with Gasteiger partial charge < -0.3 is 5.32 Å². The van der Waals surface area contributed by atoms with E-state index in [1.165, 1.54) is 11.1 Å². The number of hydrogen-bond acceptors (Lipinski definition) is 1. The highest BCUT2D eigenvalue weighted by Crippen LogP contribution is 2.26. The lowest BCUT2D eigenvalue weighted by atomic mass is 9.87. The van der Waals surface area contributed by atoms with Crippen molar-refractivity contribution in [2.75, 3.05) is 0 Å². The maximum atomic E-state index is 3.49. The third-order valence-corrected chi connectivity index (χ3v) is 2.91. The molecule has 1 heteroatoms. The molecule has 0 aliphatic carbocycles. The number of hydrogen-bond donors (Lipinski definition) is 1. The molecule has 1 heterocycles. The van der Waals surface area contributed by atoms with Crippen LogP contribution in [0.25, 0.3) is 0 Å². The van der Waals surface area contributed by atoms with Gasteiger partial charge in [-0.15, -0.1) is 0 Å². The Morgan fingerprint density at radius 1 is 1.25 bits per heavy atom. The van der Waals surface area contributed by atoms with Crippen LogP contribution in [0.3, 0.4) is 0 Å². The Kier molecular flexibility index (Phi) is 1.89. The molecular weight excluding hydrogens is 146 g/mol. The lowest BCUT2D eigenvalue weighted by Crippen LogP contribution is -2.35. The SMILES string of the molecule is C[C@@H]1NCc2ccccc2[C@@H]1C. The number of nitrogens with one attached hydrogen (secondary N) is 1. The molecule has 2 atom stereocenters. The average molecular weight is 161 g/mol. The van der Waals surface area contributed by atoms with E-state index >= 15 is 0 Å². The highest BCUT2D eigenvalue weighted by atomic mass is 14.9. The van der Waals surface area contributed by atoms with Crippen molar-refractivity contribution in [3.63, 3.8) is 0 Å². The molecule has 12 heavy (non-hydrogen) atoms. The fourth-order valence-corrected chi connectivity index (χ4v) is 1.86. The van der Waals surface area contributed by atoms with Crippen LogP contribution in [0, 0.1) is 0 Å². The van der Waals surface area contributed by atoms with Crippen molar-refractivity contribution in [1.82, 2.24) is 5.32 Å². The zero-order chi connectivity index (χ0) is 8.55. The topological polar surface area (TPSA) is 12.0 Å². The van der Waals surface area contributed by atoms with Crippen molar-refractivity contribution < 1.29 is 0 Å². The van der Waals surface area contributed by atoms with Crippen LogP contribution in [0.5, 0.6) is 0 Å². The van der Waals surface area contributed by atoms with Gasteiger partial charge in [-0.25, -0.2) is 0 Å². The summed E-state index contributed by atoms with van der Waals surface area (Å²) in [5.41, 5.74) is 2.98. The quantitative estimate of drug-likeness (QED) is 0.615. The zero-order valence-corrected chi connectivity index (χ0v) is 7.67. The van der Waals surface area contributed by atoms with Crippen LogP contribution >= 0.6 is 0 Å². The van der Waals surface area contributed by atoms with Crippen LogP contribution in [0.2, 0.25) is 0 Å². The summed E-state index contributed by atoms with van der Waals surface area (Å²) < 4.78 is 0. The van der Waals surface area contributed by atoms with Gasteiger partial charge in [0, 0.05) is 12.6 Å². The van der Waals surface area contributed by atoms with Crippen molar-refractivity contribution in [3.05, 3.63) is 35.4 Å². The molecule has 0 bridgehead atoms. The van der Waals surface area contributed by atoms with Crippen LogP contribution in [-0.4, -0.2) is 6.04 Å². The maximum Gasteiger partial charge on any atom is 0.0211 e. The molecule has 0 unspecified atom stereocenters. The summed E-state index contributed by atoms with van der Waals surface area (Å²) in [7, 11) is 0. The minimum absolute atomic E-state index is 0.611. The van der Waals surface area contributed by atoms with Crippen molar-refractivity contribution in [2.45, 2.75) is 32.4 Å². The predicted molar refractivity (Wildman–Crippen MR) is 51.2 cm³/mol. The van der Waals surface area contributed by atoms with Gasteiger partial charge in [0.05, 0.1) is 0 Å². The van der Waals surface area contributed by atoms with Crippen LogP contribution in [0.1, 0.15) is 30.9 Å². The molecular formula is C11H15N. The Hall–Kier alpha value is -0.820. The summed E-state index contributed by atoms with van der Waals surface area (Å²) in [5, 5.41) is 3.49. The molecule has 1 aliphatic heterocycles. The molecule has 64 valence electrons. The van der Waals surface area contributed by atoms with E-state index in [1.54, 1.807) is 0 Å². The van der Waals surface area contributed by atoms with Crippen molar-refractivity contribution in [3.8, 4) is 0 Å². The van der Waals surface area contributed by atoms with Gasteiger partial charge in [0.25, 0.3) is 0 Å². The van der Waals surface area contributed by atoms with E-state index in [4.69, 9.17) is 0 Å². The van der Waals surface area contributed by atoms with Gasteiger partial charge in [-0.2, -0.15) is 0 Å². The second-order valence-electron chi connectivity index (χ2n) is 3.66. The molecule has 1 N–H and O–H groups in total. The van der Waals surface area contributed by atoms with E-state index < -0.39 is 0 Å². The fourth-order valence-electron chi connectivity index (χ4n) is 1.86. The van der Waals surface area contributed by atoms with Crippen molar-refractivity contribution in [1.29, 1.82) is 0 Å². The largest absolute Gasteiger partial charge is 0.310 e. The second-order valence-corrected chi connectivity index (χ2v) is 3.66. The third-order valence-electron chi connectivity index (χ3n) is 2.91. The fraction of sp³-hybridized carbons (Fsp3) is 0.455. The molecule has 0 radical (unpaired) electrons. The van der Waals surface area contributed by atoms with E-state index in [0.717, 1.165) is 6.54 Å². The minimum atomic E-state index is 0.611. The first-order valence-corrected chi connectivity index (χ1v) is 4.60. The Bertz CT molecular complexity index is 280. The molecule has 1 nitrogen and oxygen atoms in total. The summed E-state index contributed by atoms with van der Waals surface area (Å²) in [5.74, 6) is 0.648. The first kappa shape index (κ1) is 7.81. The average Bonchev–Trinajstić information content (AvgIpc) is 2.12. The van der Waals surface area contributed by atoms with Gasteiger partial charge in [-0.3, -0.25) is 0 Å². The number of rotatable bonds is 0. The van der Waals surface area contributed by atoms with Crippen LogP contribution < -0.4 is 5.32 Å². The molecule has 0 fully saturated rings. The Morgan fingerprint density at radius 3 is 2.83 bits per heavy atom. The smallest absolute Gasteiger partial charge is 0.0211 e. The zero-order valence-electron chi connectivity index (χ0n) is 7.67. The Labute approximate surface area is 73.8 Å². The third kappa shape index (κ3) is 1.14. The summed E-state index contributed by atoms with van der Waals surface area (Å²) >= 11 is 0. The van der Waals surface area contributed by atoms with Crippen LogP contribution in [0.4, 0.5) is 0 Å². The van der Waals surface area contributed by atoms with Gasteiger partial charge in [0.2, 0.25) is 0 Å². The van der Waals surface area contributed by atoms with Gasteiger partial charge in [0.15, 0.2) is 0 Å². The number of benzene rings is 1. The summed E-state index contributed by atoms with van der Waals surface area (Å²) in [6.07, 6.45) is 0. The van der Waals surface area contributed by atoms with Gasteiger partial charge in [-0.1, -0.05) is 31.2 Å². The molecule has 1 aliphatic rings. The molecule has 0 saturated heterocycles. The van der Waals surface area contributed by atoms with Crippen molar-refractivity contribution >= 4 is 0 Å². The van der Waals surface area contributed by atoms with Gasteiger partial charge in [-0.05, 0) is 24.0 Å². The number of fused-ring (bicyclic) bond motifs is 1. The van der Waals surface area contributed by atoms with E-state index in [2.05, 4.69) is 43.4 Å². The van der Waals surface area contributed by atoms with Gasteiger partial charge in [0.1, 0.15) is 0 Å². The maximum absolute atomic E-state index is 3.49. The summed E-state index contributed by atoms with van der Waals surface area (Å²) in [4.78, 5) is 0. The Morgan fingerprint density at radius 2 is 2.00 bits per heavy atom. The second kappa shape index (κ2) is 2.91. The molecule has 2 rings (SSSR count). The van der Waals surface area contributed by atoms with E-state index in [0.29, 0.717) is 12.0 Å². The normalized spacial score (nSPS) is 28.2. The molecule has 0 spiro atoms. The molecule has 0 amide bonds. The summed E-state index contributed by atoms with van der Waals surface area (Å²) in [6, 6.07) is 9.32. The predicted octanol–water partition coefficient (Wildman–Crippen LogP) is 2.28. The molecule has 0 aromatic heterocycles. The first-order valence-electron chi connectivity index (χ1n) is 4.60. The van der Waals surface area contributed by atoms with Crippen molar-refractivity contribution in [2.24, 2.45) is 0 Å². The first-order chi connectivity index (χ1) is 5.79. The standard InChI is InChI=1S/C11H15N/c1-8-9(2)12-7-10-5-3-4-6-11(8)10/h3-6,8-9,12H,7H2,1-2H3/t8-,9+/m1/s1. The lowest BCUT2D eigenvalue weighted by Gasteiger charge is -2.29. The minimum Gasteiger partial charge on any atom is -0.310 e. The monoisotopic (exact) mass is 161 g/mol. The van der Waals surface area contributed by atoms with Crippen LogP contribution in [-0.2, 0) is 6.54 Å². The molecule has 1 aromatic rings. The Balaban J connectivity index is 2.42. The van der Waals surface area contributed by atoms with E-state index in [-0.39, 0.29) is 0 Å².